The van der Waals surface area contributed by atoms with E-state index in [9.17, 15) is 5.11 Å². The van der Waals surface area contributed by atoms with Crippen LogP contribution in [0.4, 0.5) is 5.69 Å². The Morgan fingerprint density at radius 2 is 1.26 bits per heavy atom. The number of phenols is 1. The maximum absolute atomic E-state index is 10.8. The third-order valence-electron chi connectivity index (χ3n) is 8.99. The molecule has 4 aromatic carbocycles. The number of aryl methyl sites for hydroxylation is 4. The van der Waals surface area contributed by atoms with Crippen molar-refractivity contribution in [3.63, 3.8) is 0 Å². The summed E-state index contributed by atoms with van der Waals surface area (Å²) < 4.78 is 12.0. The number of hydrogen-bond donors (Lipinski definition) is 1. The maximum Gasteiger partial charge on any atom is 0.142 e. The van der Waals surface area contributed by atoms with Crippen molar-refractivity contribution >= 4 is 56.5 Å². The number of aromatic hydroxyl groups is 1. The van der Waals surface area contributed by atoms with Crippen LogP contribution in [0.1, 0.15) is 70.5 Å². The summed E-state index contributed by atoms with van der Waals surface area (Å²) >= 11 is 24.0. The summed E-state index contributed by atoms with van der Waals surface area (Å²) in [4.78, 5) is 4.11. The summed E-state index contributed by atoms with van der Waals surface area (Å²) in [5.74, 6) is 1.10. The van der Waals surface area contributed by atoms with Crippen LogP contribution in [0.25, 0.3) is 11.1 Å². The quantitative estimate of drug-likeness (QED) is 0.195. The van der Waals surface area contributed by atoms with Crippen molar-refractivity contribution in [2.24, 2.45) is 3.50 Å². The third kappa shape index (κ3) is 9.38. The number of halogens is 4. The summed E-state index contributed by atoms with van der Waals surface area (Å²) in [7, 11) is 1.67. The Labute approximate surface area is 324 Å². The molecule has 0 atom stereocenters. The molecule has 0 saturated carbocycles. The zero-order chi connectivity index (χ0) is 35.8. The van der Waals surface area contributed by atoms with Crippen molar-refractivity contribution < 1.29 is 27.8 Å². The van der Waals surface area contributed by atoms with Gasteiger partial charge in [0.2, 0.25) is 0 Å². The molecule has 0 aliphatic heterocycles. The number of rotatable bonds is 4. The van der Waals surface area contributed by atoms with Crippen LogP contribution in [0.3, 0.4) is 0 Å². The van der Waals surface area contributed by atoms with Crippen LogP contribution in [0, 0.1) is 20.8 Å². The van der Waals surface area contributed by atoms with Gasteiger partial charge in [0.05, 0.1) is 5.02 Å². The van der Waals surface area contributed by atoms with E-state index in [2.05, 4.69) is 25.9 Å². The smallest absolute Gasteiger partial charge is 0.142 e. The summed E-state index contributed by atoms with van der Waals surface area (Å²) in [5, 5.41) is 13.3. The standard InChI is InChI=1S/C21H22Cl2O.C8H8O.C6H3Cl2N.C6H8N.W/c1-12-17(22)10-13-6-2-4-8-15(13)19(12)20-16-9-5-3-7-14(16)11-18(23)21(20)24;1-7-5-3-4-6-8(7)9-2;7-4-2-1-3-5(8)6(4)9;1-5-3-4-6(2)7-5;/h10-11,24H,2-9H2,1H3;1,3-6H,2H3;1-3H;3-4H,1-2H3;/q;;;-1;. The first-order chi connectivity index (χ1) is 24.1. The molecule has 2 aliphatic rings. The molecule has 0 unspecified atom stereocenters. The molecular formula is C41H41Cl4N2O2W-. The summed E-state index contributed by atoms with van der Waals surface area (Å²) in [5.41, 5.74) is 12.4. The third-order valence-corrected chi connectivity index (χ3v) is 12.6. The Balaban J connectivity index is 0.000000166. The first-order valence-corrected chi connectivity index (χ1v) is 21.3. The van der Waals surface area contributed by atoms with Gasteiger partial charge in [0, 0.05) is 10.6 Å². The summed E-state index contributed by atoms with van der Waals surface area (Å²) in [6.45, 7) is 6.06. The number of hydrogen-bond acceptors (Lipinski definition) is 3. The average Bonchev–Trinajstić information content (AvgIpc) is 3.50. The van der Waals surface area contributed by atoms with E-state index in [4.69, 9.17) is 51.1 Å². The van der Waals surface area contributed by atoms with Gasteiger partial charge in [-0.25, -0.2) is 0 Å². The van der Waals surface area contributed by atoms with Crippen molar-refractivity contribution in [3.8, 4) is 22.6 Å². The van der Waals surface area contributed by atoms with Crippen molar-refractivity contribution in [2.45, 2.75) is 72.1 Å². The number of phenolic OH excluding ortho intramolecular Hbond substituents is 1. The van der Waals surface area contributed by atoms with E-state index in [0.29, 0.717) is 20.8 Å². The second kappa shape index (κ2) is 18.2. The van der Waals surface area contributed by atoms with E-state index in [-0.39, 0.29) is 5.75 Å². The van der Waals surface area contributed by atoms with E-state index in [1.165, 1.54) is 47.9 Å². The van der Waals surface area contributed by atoms with Gasteiger partial charge in [0.25, 0.3) is 0 Å². The number of fused-ring (bicyclic) bond motifs is 2. The molecule has 2 aliphatic carbocycles. The number of methoxy groups -OCH3 is 1. The number of ether oxygens (including phenoxy) is 1. The van der Waals surface area contributed by atoms with Gasteiger partial charge in [-0.05, 0) is 104 Å². The van der Waals surface area contributed by atoms with Crippen LogP contribution >= 0.6 is 46.4 Å². The van der Waals surface area contributed by atoms with Crippen LogP contribution in [-0.4, -0.2) is 16.6 Å². The molecule has 0 amide bonds. The zero-order valence-electron chi connectivity index (χ0n) is 28.8. The van der Waals surface area contributed by atoms with Gasteiger partial charge in [0.1, 0.15) is 5.75 Å². The fourth-order valence-electron chi connectivity index (χ4n) is 6.52. The molecular weight excluding hydrogens is 878 g/mol. The Morgan fingerprint density at radius 1 is 0.700 bits per heavy atom. The summed E-state index contributed by atoms with van der Waals surface area (Å²) in [6.07, 6.45) is 8.97. The Morgan fingerprint density at radius 3 is 1.84 bits per heavy atom. The molecule has 7 rings (SSSR count). The molecule has 9 heteroatoms. The Hall–Kier alpha value is -2.72. The monoisotopic (exact) mass is 917 g/mol. The van der Waals surface area contributed by atoms with Crippen LogP contribution in [0.15, 0.2) is 70.2 Å². The molecule has 1 aromatic heterocycles. The average molecular weight is 919 g/mol. The first kappa shape index (κ1) is 38.5. The number of para-hydroxylation sites is 1. The SMILES string of the molecule is COc1ccccc1[CH]=[W]=[N]c1c(Cl)cccc1Cl.Cc1c(Cl)cc2c(c1-c1c(O)c(Cl)cc3c1CCCC3)CCCC2.Cc1ccc(C)[n-]1. The van der Waals surface area contributed by atoms with E-state index in [1.54, 1.807) is 19.2 Å². The molecule has 5 aromatic rings. The second-order valence-corrected chi connectivity index (χ2v) is 16.4. The Kier molecular flexibility index (Phi) is 14.0. The molecule has 0 bridgehead atoms. The number of nitrogens with zero attached hydrogens (tertiary/aromatic N) is 2. The Bertz CT molecular complexity index is 1940. The molecule has 0 fully saturated rings. The van der Waals surface area contributed by atoms with Gasteiger partial charge in [-0.15, -0.1) is 0 Å². The van der Waals surface area contributed by atoms with Gasteiger partial charge in [-0.2, -0.15) is 11.4 Å². The molecule has 4 nitrogen and oxygen atoms in total. The topological polar surface area (TPSA) is 55.9 Å². The minimum atomic E-state index is -1.07. The largest absolute Gasteiger partial charge is 0.665 e. The van der Waals surface area contributed by atoms with Crippen LogP contribution in [0.2, 0.25) is 20.1 Å². The molecule has 262 valence electrons. The van der Waals surface area contributed by atoms with Crippen LogP contribution in [0.5, 0.6) is 11.5 Å². The predicted molar refractivity (Wildman–Crippen MR) is 208 cm³/mol. The van der Waals surface area contributed by atoms with E-state index >= 15 is 0 Å². The van der Waals surface area contributed by atoms with Gasteiger partial charge >= 0.3 is 130 Å². The second-order valence-electron chi connectivity index (χ2n) is 12.5. The van der Waals surface area contributed by atoms with Gasteiger partial charge in [0.15, 0.2) is 0 Å². The molecule has 0 spiro atoms. The molecule has 0 radical (unpaired) electrons. The van der Waals surface area contributed by atoms with Gasteiger partial charge in [-0.3, -0.25) is 0 Å². The molecule has 1 N–H and O–H groups in total. The first-order valence-electron chi connectivity index (χ1n) is 16.8. The fraction of sp³-hybridized carbons (Fsp3) is 0.293. The number of benzene rings is 4. The normalized spacial score (nSPS) is 13.0. The zero-order valence-corrected chi connectivity index (χ0v) is 34.7. The van der Waals surface area contributed by atoms with Crippen molar-refractivity contribution in [3.05, 3.63) is 132 Å². The van der Waals surface area contributed by atoms with Crippen molar-refractivity contribution in [2.75, 3.05) is 7.11 Å². The summed E-state index contributed by atoms with van der Waals surface area (Å²) in [6, 6.07) is 21.4. The van der Waals surface area contributed by atoms with Gasteiger partial charge < -0.3 is 10.1 Å². The molecule has 50 heavy (non-hydrogen) atoms. The minimum absolute atomic E-state index is 0.232. The fourth-order valence-corrected chi connectivity index (χ4v) is 10.2. The van der Waals surface area contributed by atoms with Crippen LogP contribution in [-0.2, 0) is 43.6 Å². The molecule has 0 saturated heterocycles. The van der Waals surface area contributed by atoms with E-state index < -0.39 is 17.9 Å². The van der Waals surface area contributed by atoms with Crippen molar-refractivity contribution in [1.82, 2.24) is 4.98 Å². The van der Waals surface area contributed by atoms with E-state index in [0.717, 1.165) is 70.1 Å². The van der Waals surface area contributed by atoms with E-state index in [1.807, 2.05) is 62.4 Å². The minimum Gasteiger partial charge on any atom is -0.665 e. The maximum atomic E-state index is 10.8. The van der Waals surface area contributed by atoms with Gasteiger partial charge in [-0.1, -0.05) is 49.2 Å². The number of aromatic nitrogens is 1. The van der Waals surface area contributed by atoms with Crippen LogP contribution < -0.4 is 9.72 Å². The van der Waals surface area contributed by atoms with Crippen molar-refractivity contribution in [1.29, 1.82) is 0 Å². The molecule has 1 heterocycles. The predicted octanol–water partition coefficient (Wildman–Crippen LogP) is 12.4.